The molecule has 2 aromatic heterocycles. The van der Waals surface area contributed by atoms with Crippen LogP contribution in [0.1, 0.15) is 11.4 Å². The first-order valence-corrected chi connectivity index (χ1v) is 4.66. The fourth-order valence-electron chi connectivity index (χ4n) is 1.43. The van der Waals surface area contributed by atoms with Gasteiger partial charge in [-0.3, -0.25) is 4.98 Å². The summed E-state index contributed by atoms with van der Waals surface area (Å²) in [5.41, 5.74) is 2.98. The summed E-state index contributed by atoms with van der Waals surface area (Å²) in [6.07, 6.45) is 0. The van der Waals surface area contributed by atoms with Crippen LogP contribution in [-0.2, 0) is 13.7 Å². The van der Waals surface area contributed by atoms with Crippen molar-refractivity contribution in [1.29, 1.82) is 0 Å². The molecular formula is C10H12N4O. The number of hydrogen-bond donors (Lipinski definition) is 1. The zero-order valence-corrected chi connectivity index (χ0v) is 8.68. The number of nitrogens with zero attached hydrogens (tertiary/aromatic N) is 4. The monoisotopic (exact) mass is 204 g/mol. The van der Waals surface area contributed by atoms with Gasteiger partial charge in [0.05, 0.1) is 18.0 Å². The standard InChI is InChI=1S/C10H12N4O/c1-7-4-3-5-8(11-7)10-9(6-15)14(2)13-12-10/h3-5,15H,6H2,1-2H3. The average Bonchev–Trinajstić information content (AvgIpc) is 2.59. The summed E-state index contributed by atoms with van der Waals surface area (Å²) in [5.74, 6) is 0. The first kappa shape index (κ1) is 9.79. The van der Waals surface area contributed by atoms with Crippen molar-refractivity contribution >= 4 is 0 Å². The van der Waals surface area contributed by atoms with Crippen molar-refractivity contribution in [3.8, 4) is 11.4 Å². The zero-order chi connectivity index (χ0) is 10.8. The summed E-state index contributed by atoms with van der Waals surface area (Å²) >= 11 is 0. The maximum Gasteiger partial charge on any atom is 0.137 e. The van der Waals surface area contributed by atoms with Gasteiger partial charge in [0.2, 0.25) is 0 Å². The van der Waals surface area contributed by atoms with Crippen LogP contribution in [0.4, 0.5) is 0 Å². The van der Waals surface area contributed by atoms with E-state index < -0.39 is 0 Å². The molecule has 78 valence electrons. The Morgan fingerprint density at radius 2 is 2.20 bits per heavy atom. The topological polar surface area (TPSA) is 63.8 Å². The number of aromatic nitrogens is 4. The Morgan fingerprint density at radius 1 is 1.40 bits per heavy atom. The highest BCUT2D eigenvalue weighted by Crippen LogP contribution is 2.18. The maximum absolute atomic E-state index is 9.19. The molecule has 0 saturated heterocycles. The minimum Gasteiger partial charge on any atom is -0.390 e. The average molecular weight is 204 g/mol. The third-order valence-corrected chi connectivity index (χ3v) is 2.22. The number of aryl methyl sites for hydroxylation is 2. The minimum atomic E-state index is -0.0888. The van der Waals surface area contributed by atoms with Gasteiger partial charge in [0.1, 0.15) is 5.69 Å². The second-order valence-electron chi connectivity index (χ2n) is 3.33. The van der Waals surface area contributed by atoms with E-state index in [9.17, 15) is 5.11 Å². The van der Waals surface area contributed by atoms with Gasteiger partial charge in [0.25, 0.3) is 0 Å². The molecule has 1 N–H and O–H groups in total. The Kier molecular flexibility index (Phi) is 2.47. The fraction of sp³-hybridized carbons (Fsp3) is 0.300. The number of pyridine rings is 1. The van der Waals surface area contributed by atoms with Crippen LogP contribution in [-0.4, -0.2) is 25.1 Å². The number of rotatable bonds is 2. The molecule has 0 aliphatic rings. The van der Waals surface area contributed by atoms with Crippen molar-refractivity contribution in [2.75, 3.05) is 0 Å². The van der Waals surface area contributed by atoms with Crippen molar-refractivity contribution in [3.05, 3.63) is 29.6 Å². The van der Waals surface area contributed by atoms with E-state index in [0.29, 0.717) is 11.4 Å². The Balaban J connectivity index is 2.54. The third kappa shape index (κ3) is 1.73. The van der Waals surface area contributed by atoms with Gasteiger partial charge in [0, 0.05) is 12.7 Å². The van der Waals surface area contributed by atoms with E-state index in [1.165, 1.54) is 0 Å². The van der Waals surface area contributed by atoms with Crippen LogP contribution >= 0.6 is 0 Å². The van der Waals surface area contributed by atoms with Gasteiger partial charge in [-0.05, 0) is 19.1 Å². The fourth-order valence-corrected chi connectivity index (χ4v) is 1.43. The summed E-state index contributed by atoms with van der Waals surface area (Å²) in [6.45, 7) is 1.83. The lowest BCUT2D eigenvalue weighted by Crippen LogP contribution is -1.99. The number of aliphatic hydroxyl groups excluding tert-OH is 1. The van der Waals surface area contributed by atoms with Gasteiger partial charge in [-0.2, -0.15) is 0 Å². The van der Waals surface area contributed by atoms with Crippen LogP contribution in [0, 0.1) is 6.92 Å². The molecule has 2 rings (SSSR count). The molecule has 0 saturated carbocycles. The van der Waals surface area contributed by atoms with Crippen molar-refractivity contribution in [1.82, 2.24) is 20.0 Å². The summed E-state index contributed by atoms with van der Waals surface area (Å²) < 4.78 is 1.55. The Labute approximate surface area is 87.4 Å². The van der Waals surface area contributed by atoms with Crippen molar-refractivity contribution in [2.24, 2.45) is 7.05 Å². The van der Waals surface area contributed by atoms with E-state index in [0.717, 1.165) is 11.4 Å². The lowest BCUT2D eigenvalue weighted by atomic mass is 10.2. The molecular weight excluding hydrogens is 192 g/mol. The summed E-state index contributed by atoms with van der Waals surface area (Å²) in [4.78, 5) is 4.34. The molecule has 0 fully saturated rings. The molecule has 5 heteroatoms. The second kappa shape index (κ2) is 3.78. The first-order chi connectivity index (χ1) is 7.22. The maximum atomic E-state index is 9.19. The largest absolute Gasteiger partial charge is 0.390 e. The highest BCUT2D eigenvalue weighted by molar-refractivity contribution is 5.56. The van der Waals surface area contributed by atoms with Gasteiger partial charge >= 0.3 is 0 Å². The van der Waals surface area contributed by atoms with Crippen LogP contribution in [0.25, 0.3) is 11.4 Å². The van der Waals surface area contributed by atoms with Crippen LogP contribution in [0.2, 0.25) is 0 Å². The molecule has 0 bridgehead atoms. The molecule has 15 heavy (non-hydrogen) atoms. The van der Waals surface area contributed by atoms with Crippen LogP contribution in [0.3, 0.4) is 0 Å². The molecule has 0 radical (unpaired) electrons. The quantitative estimate of drug-likeness (QED) is 0.781. The van der Waals surface area contributed by atoms with Crippen molar-refractivity contribution in [3.63, 3.8) is 0 Å². The van der Waals surface area contributed by atoms with Gasteiger partial charge in [-0.15, -0.1) is 5.10 Å². The predicted octanol–water partition coefficient (Wildman–Crippen LogP) is 0.678. The van der Waals surface area contributed by atoms with Gasteiger partial charge in [-0.1, -0.05) is 11.3 Å². The molecule has 0 amide bonds. The van der Waals surface area contributed by atoms with E-state index in [4.69, 9.17) is 0 Å². The van der Waals surface area contributed by atoms with Crippen molar-refractivity contribution in [2.45, 2.75) is 13.5 Å². The molecule has 0 unspecified atom stereocenters. The van der Waals surface area contributed by atoms with E-state index in [-0.39, 0.29) is 6.61 Å². The van der Waals surface area contributed by atoms with Crippen LogP contribution in [0.15, 0.2) is 18.2 Å². The van der Waals surface area contributed by atoms with Gasteiger partial charge in [-0.25, -0.2) is 4.68 Å². The Morgan fingerprint density at radius 3 is 2.87 bits per heavy atom. The first-order valence-electron chi connectivity index (χ1n) is 4.66. The predicted molar refractivity (Wildman–Crippen MR) is 54.9 cm³/mol. The second-order valence-corrected chi connectivity index (χ2v) is 3.33. The lowest BCUT2D eigenvalue weighted by molar-refractivity contribution is 0.271. The molecule has 2 aromatic rings. The SMILES string of the molecule is Cc1cccc(-c2nnn(C)c2CO)n1. The van der Waals surface area contributed by atoms with Gasteiger partial charge < -0.3 is 5.11 Å². The van der Waals surface area contributed by atoms with Crippen molar-refractivity contribution < 1.29 is 5.11 Å². The summed E-state index contributed by atoms with van der Waals surface area (Å²) in [6, 6.07) is 5.68. The highest BCUT2D eigenvalue weighted by Gasteiger charge is 2.12. The molecule has 5 nitrogen and oxygen atoms in total. The molecule has 0 aliphatic carbocycles. The summed E-state index contributed by atoms with van der Waals surface area (Å²) in [5, 5.41) is 17.0. The van der Waals surface area contributed by atoms with E-state index in [1.54, 1.807) is 11.7 Å². The lowest BCUT2D eigenvalue weighted by Gasteiger charge is -2.00. The Bertz CT molecular complexity index is 478. The number of aliphatic hydroxyl groups is 1. The molecule has 0 atom stereocenters. The Hall–Kier alpha value is -1.75. The smallest absolute Gasteiger partial charge is 0.137 e. The highest BCUT2D eigenvalue weighted by atomic mass is 16.3. The molecule has 2 heterocycles. The number of hydrogen-bond acceptors (Lipinski definition) is 4. The third-order valence-electron chi connectivity index (χ3n) is 2.22. The van der Waals surface area contributed by atoms with Crippen LogP contribution in [0.5, 0.6) is 0 Å². The van der Waals surface area contributed by atoms with Gasteiger partial charge in [0.15, 0.2) is 0 Å². The summed E-state index contributed by atoms with van der Waals surface area (Å²) in [7, 11) is 1.75. The van der Waals surface area contributed by atoms with E-state index in [2.05, 4.69) is 15.3 Å². The normalized spacial score (nSPS) is 10.6. The molecule has 0 aliphatic heterocycles. The minimum absolute atomic E-state index is 0.0888. The molecule has 0 spiro atoms. The van der Waals surface area contributed by atoms with E-state index in [1.807, 2.05) is 25.1 Å². The molecule has 0 aromatic carbocycles. The van der Waals surface area contributed by atoms with E-state index >= 15 is 0 Å². The van der Waals surface area contributed by atoms with Crippen LogP contribution < -0.4 is 0 Å². The zero-order valence-electron chi connectivity index (χ0n) is 8.68.